The normalized spacial score (nSPS) is 22.8. The van der Waals surface area contributed by atoms with Gasteiger partial charge in [0.1, 0.15) is 0 Å². The molecule has 1 unspecified atom stereocenters. The fourth-order valence-electron chi connectivity index (χ4n) is 1.73. The summed E-state index contributed by atoms with van der Waals surface area (Å²) >= 11 is 5.97. The summed E-state index contributed by atoms with van der Waals surface area (Å²) in [6.07, 6.45) is 11.4. The maximum atomic E-state index is 5.97. The smallest absolute Gasteiger partial charge is 0.0521 e. The van der Waals surface area contributed by atoms with E-state index in [0.717, 1.165) is 0 Å². The number of unbranched alkanes of at least 4 members (excludes halogenated alkanes) is 3. The van der Waals surface area contributed by atoms with Crippen LogP contribution in [0.5, 0.6) is 0 Å². The molecule has 1 aliphatic rings. The van der Waals surface area contributed by atoms with E-state index >= 15 is 0 Å². The van der Waals surface area contributed by atoms with Crippen molar-refractivity contribution in [3.63, 3.8) is 0 Å². The molecule has 0 radical (unpaired) electrons. The first-order chi connectivity index (χ1) is 5.83. The van der Waals surface area contributed by atoms with Crippen molar-refractivity contribution in [3.8, 4) is 0 Å². The second-order valence-corrected chi connectivity index (χ2v) is 4.25. The van der Waals surface area contributed by atoms with Gasteiger partial charge in [-0.3, -0.25) is 0 Å². The molecule has 0 spiro atoms. The van der Waals surface area contributed by atoms with Crippen molar-refractivity contribution in [1.29, 1.82) is 0 Å². The summed E-state index contributed by atoms with van der Waals surface area (Å²) < 4.78 is 0. The second-order valence-electron chi connectivity index (χ2n) is 3.69. The Balaban J connectivity index is 2.03. The lowest BCUT2D eigenvalue weighted by Crippen LogP contribution is -1.81. The van der Waals surface area contributed by atoms with E-state index in [9.17, 15) is 0 Å². The minimum atomic E-state index is 0.339. The zero-order valence-electron chi connectivity index (χ0n) is 7.98. The molecule has 1 rings (SSSR count). The molecule has 0 aromatic rings. The van der Waals surface area contributed by atoms with Gasteiger partial charge in [-0.1, -0.05) is 37.8 Å². The molecule has 0 nitrogen and oxygen atoms in total. The number of alkyl halides is 1. The van der Waals surface area contributed by atoms with Crippen molar-refractivity contribution in [2.45, 2.75) is 57.2 Å². The van der Waals surface area contributed by atoms with Crippen molar-refractivity contribution in [2.75, 3.05) is 0 Å². The lowest BCUT2D eigenvalue weighted by atomic mass is 10.1. The molecule has 0 aliphatic heterocycles. The molecule has 70 valence electrons. The Labute approximate surface area is 81.0 Å². The number of hydrogen-bond donors (Lipinski definition) is 0. The number of rotatable bonds is 5. The molecule has 0 saturated carbocycles. The molecule has 0 fully saturated rings. The number of halogens is 1. The highest BCUT2D eigenvalue weighted by atomic mass is 35.5. The van der Waals surface area contributed by atoms with Crippen molar-refractivity contribution in [2.24, 2.45) is 0 Å². The molecule has 0 aromatic carbocycles. The first-order valence-corrected chi connectivity index (χ1v) is 5.60. The van der Waals surface area contributed by atoms with Gasteiger partial charge in [0.25, 0.3) is 0 Å². The van der Waals surface area contributed by atoms with Crippen LogP contribution in [0.3, 0.4) is 0 Å². The molecular formula is C11H19Cl. The predicted molar refractivity (Wildman–Crippen MR) is 55.7 cm³/mol. The van der Waals surface area contributed by atoms with Crippen molar-refractivity contribution < 1.29 is 0 Å². The van der Waals surface area contributed by atoms with Gasteiger partial charge in [0.2, 0.25) is 0 Å². The Hall–Kier alpha value is 0.0300. The summed E-state index contributed by atoms with van der Waals surface area (Å²) in [5.41, 5.74) is 1.60. The van der Waals surface area contributed by atoms with Crippen LogP contribution in [0.4, 0.5) is 0 Å². The third-order valence-corrected chi connectivity index (χ3v) is 2.85. The zero-order valence-corrected chi connectivity index (χ0v) is 8.74. The number of allylic oxidation sites excluding steroid dienone is 2. The lowest BCUT2D eigenvalue weighted by molar-refractivity contribution is 0.657. The predicted octanol–water partition coefficient (Wildman–Crippen LogP) is 4.28. The van der Waals surface area contributed by atoms with Crippen LogP contribution in [0, 0.1) is 0 Å². The van der Waals surface area contributed by atoms with E-state index in [1.165, 1.54) is 44.9 Å². The quantitative estimate of drug-likeness (QED) is 0.342. The molecule has 0 N–H and O–H groups in total. The Kier molecular flexibility index (Phi) is 4.75. The third-order valence-electron chi connectivity index (χ3n) is 2.51. The topological polar surface area (TPSA) is 0 Å². The zero-order chi connectivity index (χ0) is 8.81. The van der Waals surface area contributed by atoms with Crippen LogP contribution in [0.15, 0.2) is 11.6 Å². The van der Waals surface area contributed by atoms with Crippen molar-refractivity contribution in [1.82, 2.24) is 0 Å². The highest BCUT2D eigenvalue weighted by molar-refractivity contribution is 6.22. The van der Waals surface area contributed by atoms with E-state index < -0.39 is 0 Å². The van der Waals surface area contributed by atoms with Gasteiger partial charge in [-0.05, 0) is 25.7 Å². The van der Waals surface area contributed by atoms with Crippen LogP contribution in [-0.4, -0.2) is 5.38 Å². The molecule has 0 aromatic heterocycles. The molecule has 1 aliphatic carbocycles. The van der Waals surface area contributed by atoms with Crippen molar-refractivity contribution >= 4 is 11.6 Å². The average molecular weight is 187 g/mol. The summed E-state index contributed by atoms with van der Waals surface area (Å²) in [4.78, 5) is 0. The summed E-state index contributed by atoms with van der Waals surface area (Å²) in [5.74, 6) is 0. The molecule has 0 saturated heterocycles. The largest absolute Gasteiger partial charge is 0.118 e. The molecule has 12 heavy (non-hydrogen) atoms. The lowest BCUT2D eigenvalue weighted by Gasteiger charge is -1.99. The average Bonchev–Trinajstić information content (AvgIpc) is 2.45. The minimum absolute atomic E-state index is 0.339. The van der Waals surface area contributed by atoms with Gasteiger partial charge in [0.05, 0.1) is 5.38 Å². The Bertz CT molecular complexity index is 149. The monoisotopic (exact) mass is 186 g/mol. The molecular weight excluding hydrogens is 168 g/mol. The SMILES string of the molecule is CCCCCCC1=CC(Cl)CC1. The van der Waals surface area contributed by atoms with Gasteiger partial charge >= 0.3 is 0 Å². The van der Waals surface area contributed by atoms with Gasteiger partial charge < -0.3 is 0 Å². The van der Waals surface area contributed by atoms with Gasteiger partial charge in [0.15, 0.2) is 0 Å². The highest BCUT2D eigenvalue weighted by Crippen LogP contribution is 2.26. The van der Waals surface area contributed by atoms with Crippen LogP contribution >= 0.6 is 11.6 Å². The first-order valence-electron chi connectivity index (χ1n) is 5.16. The first kappa shape index (κ1) is 10.1. The highest BCUT2D eigenvalue weighted by Gasteiger charge is 2.11. The van der Waals surface area contributed by atoms with Gasteiger partial charge in [0, 0.05) is 0 Å². The second kappa shape index (κ2) is 5.64. The van der Waals surface area contributed by atoms with Gasteiger partial charge in [-0.15, -0.1) is 11.6 Å². The van der Waals surface area contributed by atoms with Crippen LogP contribution in [0.25, 0.3) is 0 Å². The Morgan fingerprint density at radius 3 is 2.83 bits per heavy atom. The van der Waals surface area contributed by atoms with E-state index in [1.807, 2.05) is 0 Å². The van der Waals surface area contributed by atoms with E-state index in [4.69, 9.17) is 11.6 Å². The summed E-state index contributed by atoms with van der Waals surface area (Å²) in [7, 11) is 0. The van der Waals surface area contributed by atoms with Crippen LogP contribution < -0.4 is 0 Å². The third kappa shape index (κ3) is 3.62. The van der Waals surface area contributed by atoms with Crippen LogP contribution in [0.2, 0.25) is 0 Å². The number of hydrogen-bond acceptors (Lipinski definition) is 0. The maximum absolute atomic E-state index is 5.97. The molecule has 1 heteroatoms. The maximum Gasteiger partial charge on any atom is 0.0521 e. The van der Waals surface area contributed by atoms with Gasteiger partial charge in [-0.2, -0.15) is 0 Å². The Morgan fingerprint density at radius 2 is 2.25 bits per heavy atom. The van der Waals surface area contributed by atoms with E-state index in [2.05, 4.69) is 13.0 Å². The van der Waals surface area contributed by atoms with Crippen LogP contribution in [0.1, 0.15) is 51.9 Å². The Morgan fingerprint density at radius 1 is 1.42 bits per heavy atom. The molecule has 1 atom stereocenters. The summed E-state index contributed by atoms with van der Waals surface area (Å²) in [5, 5.41) is 0.339. The fourth-order valence-corrected chi connectivity index (χ4v) is 2.02. The van der Waals surface area contributed by atoms with E-state index in [1.54, 1.807) is 5.57 Å². The van der Waals surface area contributed by atoms with E-state index in [0.29, 0.717) is 5.38 Å². The standard InChI is InChI=1S/C11H19Cl/c1-2-3-4-5-6-10-7-8-11(12)9-10/h9,11H,2-8H2,1H3. The molecule has 0 bridgehead atoms. The molecule has 0 amide bonds. The fraction of sp³-hybridized carbons (Fsp3) is 0.818. The van der Waals surface area contributed by atoms with E-state index in [-0.39, 0.29) is 0 Å². The van der Waals surface area contributed by atoms with Crippen LogP contribution in [-0.2, 0) is 0 Å². The summed E-state index contributed by atoms with van der Waals surface area (Å²) in [6.45, 7) is 2.25. The summed E-state index contributed by atoms with van der Waals surface area (Å²) in [6, 6.07) is 0. The van der Waals surface area contributed by atoms with Gasteiger partial charge in [-0.25, -0.2) is 0 Å². The minimum Gasteiger partial charge on any atom is -0.118 e. The molecule has 0 heterocycles. The van der Waals surface area contributed by atoms with Crippen molar-refractivity contribution in [3.05, 3.63) is 11.6 Å².